The molecule has 0 radical (unpaired) electrons. The molecule has 1 amide bonds. The Morgan fingerprint density at radius 3 is 2.72 bits per heavy atom. The van der Waals surface area contributed by atoms with Gasteiger partial charge in [0.2, 0.25) is 5.91 Å². The molecule has 166 valence electrons. The SMILES string of the molecule is C[C@@H](N)C(=O)N1CCOCCOc2ccc(-c3cccnc3)cc2Cc2cccc(c2)C1. The highest BCUT2D eigenvalue weighted by atomic mass is 16.5. The fourth-order valence-corrected chi connectivity index (χ4v) is 3.89. The monoisotopic (exact) mass is 431 g/mol. The first-order valence-electron chi connectivity index (χ1n) is 11.0. The topological polar surface area (TPSA) is 77.7 Å². The van der Waals surface area contributed by atoms with Crippen molar-refractivity contribution in [3.63, 3.8) is 0 Å². The highest BCUT2D eigenvalue weighted by Crippen LogP contribution is 2.29. The van der Waals surface area contributed by atoms with Crippen molar-refractivity contribution in [3.05, 3.63) is 83.7 Å². The third-order valence-electron chi connectivity index (χ3n) is 5.51. The van der Waals surface area contributed by atoms with E-state index < -0.39 is 6.04 Å². The minimum absolute atomic E-state index is 0.0752. The minimum atomic E-state index is -0.543. The van der Waals surface area contributed by atoms with Crippen molar-refractivity contribution in [2.75, 3.05) is 26.4 Å². The second-order valence-corrected chi connectivity index (χ2v) is 8.07. The summed E-state index contributed by atoms with van der Waals surface area (Å²) >= 11 is 0. The number of rotatable bonds is 2. The van der Waals surface area contributed by atoms with Gasteiger partial charge in [-0.25, -0.2) is 0 Å². The molecule has 6 heteroatoms. The van der Waals surface area contributed by atoms with Crippen molar-refractivity contribution < 1.29 is 14.3 Å². The molecule has 0 saturated heterocycles. The second-order valence-electron chi connectivity index (χ2n) is 8.07. The number of nitrogens with two attached hydrogens (primary N) is 1. The molecule has 0 fully saturated rings. The second kappa shape index (κ2) is 10.4. The number of aromatic nitrogens is 1. The fourth-order valence-electron chi connectivity index (χ4n) is 3.89. The number of ether oxygens (including phenoxy) is 2. The summed E-state index contributed by atoms with van der Waals surface area (Å²) in [7, 11) is 0. The van der Waals surface area contributed by atoms with Gasteiger partial charge in [0.15, 0.2) is 0 Å². The van der Waals surface area contributed by atoms with Gasteiger partial charge in [-0.3, -0.25) is 9.78 Å². The van der Waals surface area contributed by atoms with E-state index in [0.717, 1.165) is 40.0 Å². The normalized spacial score (nSPS) is 15.8. The van der Waals surface area contributed by atoms with Gasteiger partial charge >= 0.3 is 0 Å². The summed E-state index contributed by atoms with van der Waals surface area (Å²) in [5.41, 5.74) is 11.4. The molecule has 1 aromatic heterocycles. The Kier molecular flexibility index (Phi) is 7.14. The zero-order valence-corrected chi connectivity index (χ0v) is 18.4. The predicted molar refractivity (Wildman–Crippen MR) is 124 cm³/mol. The lowest BCUT2D eigenvalue weighted by Gasteiger charge is -2.25. The van der Waals surface area contributed by atoms with Gasteiger partial charge < -0.3 is 20.1 Å². The molecule has 0 spiro atoms. The van der Waals surface area contributed by atoms with Crippen LogP contribution in [-0.2, 0) is 22.5 Å². The largest absolute Gasteiger partial charge is 0.491 e. The summed E-state index contributed by atoms with van der Waals surface area (Å²) in [5.74, 6) is 0.784. The van der Waals surface area contributed by atoms with Gasteiger partial charge in [-0.05, 0) is 47.4 Å². The van der Waals surface area contributed by atoms with E-state index in [1.54, 1.807) is 18.0 Å². The molecule has 1 aliphatic heterocycles. The highest BCUT2D eigenvalue weighted by Gasteiger charge is 2.18. The van der Waals surface area contributed by atoms with Crippen LogP contribution in [-0.4, -0.2) is 48.2 Å². The lowest BCUT2D eigenvalue weighted by molar-refractivity contribution is -0.133. The summed E-state index contributed by atoms with van der Waals surface area (Å²) in [5, 5.41) is 0. The van der Waals surface area contributed by atoms with E-state index in [0.29, 0.717) is 32.9 Å². The molecular weight excluding hydrogens is 402 g/mol. The van der Waals surface area contributed by atoms with E-state index >= 15 is 0 Å². The van der Waals surface area contributed by atoms with Crippen molar-refractivity contribution in [2.45, 2.75) is 25.9 Å². The Bertz CT molecular complexity index is 1050. The smallest absolute Gasteiger partial charge is 0.239 e. The summed E-state index contributed by atoms with van der Waals surface area (Å²) in [4.78, 5) is 18.6. The van der Waals surface area contributed by atoms with Crippen LogP contribution in [0.15, 0.2) is 67.0 Å². The maximum absolute atomic E-state index is 12.6. The van der Waals surface area contributed by atoms with E-state index in [1.165, 1.54) is 0 Å². The number of fused-ring (bicyclic) bond motifs is 3. The number of pyridine rings is 1. The summed E-state index contributed by atoms with van der Waals surface area (Å²) in [6, 6.07) is 18.0. The average molecular weight is 432 g/mol. The number of hydrogen-bond donors (Lipinski definition) is 1. The van der Waals surface area contributed by atoms with Crippen LogP contribution in [0, 0.1) is 0 Å². The zero-order chi connectivity index (χ0) is 22.3. The standard InChI is InChI=1S/C26H29N3O3/c1-19(27)26(30)29-10-11-31-12-13-32-25-8-7-22(23-6-3-9-28-17-23)16-24(25)15-20-4-2-5-21(14-20)18-29/h2-9,14,16-17,19H,10-13,15,18,27H2,1H3/t19-/m1/s1. The van der Waals surface area contributed by atoms with E-state index in [4.69, 9.17) is 15.2 Å². The Hall–Kier alpha value is -3.22. The zero-order valence-electron chi connectivity index (χ0n) is 18.4. The molecule has 0 aliphatic carbocycles. The van der Waals surface area contributed by atoms with Gasteiger partial charge in [0.25, 0.3) is 0 Å². The van der Waals surface area contributed by atoms with Crippen LogP contribution < -0.4 is 10.5 Å². The Balaban J connectivity index is 1.66. The summed E-state index contributed by atoms with van der Waals surface area (Å²) < 4.78 is 11.8. The third kappa shape index (κ3) is 5.52. The molecule has 4 rings (SSSR count). The molecule has 0 saturated carbocycles. The first-order valence-corrected chi connectivity index (χ1v) is 11.0. The number of carbonyl (C=O) groups is 1. The van der Waals surface area contributed by atoms with Crippen LogP contribution in [0.4, 0.5) is 0 Å². The Labute approximate surface area is 189 Å². The van der Waals surface area contributed by atoms with Crippen molar-refractivity contribution in [3.8, 4) is 16.9 Å². The van der Waals surface area contributed by atoms with Crippen LogP contribution in [0.3, 0.4) is 0 Å². The number of amides is 1. The molecule has 2 heterocycles. The quantitative estimate of drug-likeness (QED) is 0.673. The molecular formula is C26H29N3O3. The first kappa shape index (κ1) is 22.0. The van der Waals surface area contributed by atoms with Gasteiger partial charge in [-0.1, -0.05) is 36.4 Å². The van der Waals surface area contributed by atoms with Gasteiger partial charge in [0.1, 0.15) is 12.4 Å². The number of hydrogen-bond acceptors (Lipinski definition) is 5. The molecule has 6 nitrogen and oxygen atoms in total. The lowest BCUT2D eigenvalue weighted by Crippen LogP contribution is -2.43. The lowest BCUT2D eigenvalue weighted by atomic mass is 9.98. The van der Waals surface area contributed by atoms with E-state index in [2.05, 4.69) is 35.3 Å². The molecule has 2 N–H and O–H groups in total. The van der Waals surface area contributed by atoms with Gasteiger partial charge in [-0.2, -0.15) is 0 Å². The molecule has 32 heavy (non-hydrogen) atoms. The number of carbonyl (C=O) groups excluding carboxylic acids is 1. The predicted octanol–water partition coefficient (Wildman–Crippen LogP) is 3.42. The number of nitrogens with zero attached hydrogens (tertiary/aromatic N) is 2. The minimum Gasteiger partial charge on any atom is -0.491 e. The summed E-state index contributed by atoms with van der Waals surface area (Å²) in [6.45, 7) is 4.06. The third-order valence-corrected chi connectivity index (χ3v) is 5.51. The Morgan fingerprint density at radius 2 is 1.91 bits per heavy atom. The maximum Gasteiger partial charge on any atom is 0.239 e. The molecule has 3 aromatic rings. The van der Waals surface area contributed by atoms with Gasteiger partial charge in [-0.15, -0.1) is 0 Å². The van der Waals surface area contributed by atoms with E-state index in [1.807, 2.05) is 30.5 Å². The van der Waals surface area contributed by atoms with E-state index in [9.17, 15) is 4.79 Å². The van der Waals surface area contributed by atoms with Crippen molar-refractivity contribution in [1.82, 2.24) is 9.88 Å². The van der Waals surface area contributed by atoms with Gasteiger partial charge in [0.05, 0.1) is 19.3 Å². The first-order chi connectivity index (χ1) is 15.6. The highest BCUT2D eigenvalue weighted by molar-refractivity contribution is 5.81. The van der Waals surface area contributed by atoms with Crippen LogP contribution in [0.2, 0.25) is 0 Å². The Morgan fingerprint density at radius 1 is 1.03 bits per heavy atom. The van der Waals surface area contributed by atoms with Gasteiger partial charge in [0, 0.05) is 37.5 Å². The fraction of sp³-hybridized carbons (Fsp3) is 0.308. The molecule has 2 aromatic carbocycles. The van der Waals surface area contributed by atoms with Crippen LogP contribution in [0.1, 0.15) is 23.6 Å². The molecule has 2 bridgehead atoms. The average Bonchev–Trinajstić information content (AvgIpc) is 2.81. The summed E-state index contributed by atoms with van der Waals surface area (Å²) in [6.07, 6.45) is 4.36. The molecule has 0 unspecified atom stereocenters. The molecule has 1 atom stereocenters. The molecule has 1 aliphatic rings. The number of benzene rings is 2. The van der Waals surface area contributed by atoms with Crippen LogP contribution in [0.25, 0.3) is 11.1 Å². The van der Waals surface area contributed by atoms with Crippen molar-refractivity contribution >= 4 is 5.91 Å². The maximum atomic E-state index is 12.6. The van der Waals surface area contributed by atoms with Crippen LogP contribution in [0.5, 0.6) is 5.75 Å². The van der Waals surface area contributed by atoms with Crippen LogP contribution >= 0.6 is 0 Å². The van der Waals surface area contributed by atoms with Crippen molar-refractivity contribution in [2.24, 2.45) is 5.73 Å². The van der Waals surface area contributed by atoms with E-state index in [-0.39, 0.29) is 5.91 Å². The van der Waals surface area contributed by atoms with Crippen molar-refractivity contribution in [1.29, 1.82) is 0 Å².